The summed E-state index contributed by atoms with van der Waals surface area (Å²) in [5.74, 6) is 0.915. The van der Waals surface area contributed by atoms with Gasteiger partial charge in [0.15, 0.2) is 10.9 Å². The third-order valence-corrected chi connectivity index (χ3v) is 6.51. The van der Waals surface area contributed by atoms with Gasteiger partial charge in [0.25, 0.3) is 5.91 Å². The van der Waals surface area contributed by atoms with Crippen LogP contribution in [0.4, 0.5) is 0 Å². The van der Waals surface area contributed by atoms with Crippen LogP contribution in [0.2, 0.25) is 0 Å². The Morgan fingerprint density at radius 3 is 2.61 bits per heavy atom. The minimum atomic E-state index is -0.321. The molecule has 0 amide bonds. The molecule has 1 N–H and O–H groups in total. The van der Waals surface area contributed by atoms with Crippen LogP contribution < -0.4 is 0 Å². The van der Waals surface area contributed by atoms with Crippen LogP contribution in [0.5, 0.6) is 0 Å². The van der Waals surface area contributed by atoms with Gasteiger partial charge >= 0.3 is 0 Å². The van der Waals surface area contributed by atoms with E-state index in [9.17, 15) is 9.90 Å². The molecule has 0 spiro atoms. The van der Waals surface area contributed by atoms with Gasteiger partial charge < -0.3 is 9.52 Å². The molecule has 0 saturated carbocycles. The number of aromatic nitrogens is 3. The van der Waals surface area contributed by atoms with Gasteiger partial charge in [0.05, 0.1) is 18.4 Å². The first-order valence-electron chi connectivity index (χ1n) is 9.39. The smallest absolute Gasteiger partial charge is 0.264 e. The van der Waals surface area contributed by atoms with Crippen molar-refractivity contribution in [2.75, 3.05) is 13.1 Å². The summed E-state index contributed by atoms with van der Waals surface area (Å²) < 4.78 is 6.75. The maximum atomic E-state index is 13.2. The maximum absolute atomic E-state index is 13.2. The van der Waals surface area contributed by atoms with Gasteiger partial charge in [0, 0.05) is 13.1 Å². The number of likely N-dealkylation sites (tertiary alicyclic amines) is 1. The molecule has 0 aliphatic carbocycles. The van der Waals surface area contributed by atoms with Crippen LogP contribution >= 0.6 is 11.8 Å². The Labute approximate surface area is 166 Å². The van der Waals surface area contributed by atoms with Crippen LogP contribution in [-0.2, 0) is 0 Å². The normalized spacial score (nSPS) is 21.8. The summed E-state index contributed by atoms with van der Waals surface area (Å²) in [5.41, 5.74) is 1.10. The molecule has 0 radical (unpaired) electrons. The van der Waals surface area contributed by atoms with Crippen molar-refractivity contribution in [1.29, 1.82) is 0 Å². The minimum absolute atomic E-state index is 0.0646. The molecule has 8 heteroatoms. The number of aliphatic hydroxyl groups is 1. The molecule has 7 nitrogen and oxygen atoms in total. The van der Waals surface area contributed by atoms with Gasteiger partial charge in [0.1, 0.15) is 5.25 Å². The first-order valence-corrected chi connectivity index (χ1v) is 10.3. The lowest BCUT2D eigenvalue weighted by Crippen LogP contribution is -2.44. The third kappa shape index (κ3) is 3.07. The fourth-order valence-corrected chi connectivity index (χ4v) is 5.16. The number of carbonyl (C=O) groups excluding carboxylic acids is 1. The Kier molecular flexibility index (Phi) is 4.54. The summed E-state index contributed by atoms with van der Waals surface area (Å²) in [6.07, 6.45) is 2.75. The second-order valence-electron chi connectivity index (χ2n) is 7.11. The number of hydrogen-bond acceptors (Lipinski definition) is 7. The van der Waals surface area contributed by atoms with Crippen LogP contribution in [0.25, 0.3) is 11.6 Å². The molecule has 1 aromatic carbocycles. The fourth-order valence-electron chi connectivity index (χ4n) is 3.90. The number of hydrogen-bond donors (Lipinski definition) is 1. The van der Waals surface area contributed by atoms with Gasteiger partial charge in [-0.3, -0.25) is 9.69 Å². The van der Waals surface area contributed by atoms with Crippen LogP contribution in [0.1, 0.15) is 29.2 Å². The van der Waals surface area contributed by atoms with E-state index in [1.165, 1.54) is 16.4 Å². The van der Waals surface area contributed by atoms with Gasteiger partial charge in [-0.15, -0.1) is 5.10 Å². The van der Waals surface area contributed by atoms with Crippen LogP contribution in [0, 0.1) is 0 Å². The maximum Gasteiger partial charge on any atom is 0.264 e. The van der Waals surface area contributed by atoms with E-state index < -0.39 is 0 Å². The van der Waals surface area contributed by atoms with Crippen molar-refractivity contribution >= 4 is 17.7 Å². The van der Waals surface area contributed by atoms with Crippen molar-refractivity contribution < 1.29 is 14.3 Å². The van der Waals surface area contributed by atoms with Crippen molar-refractivity contribution in [3.8, 4) is 11.6 Å². The predicted octanol–water partition coefficient (Wildman–Crippen LogP) is 2.85. The highest BCUT2D eigenvalue weighted by molar-refractivity contribution is 8.00. The lowest BCUT2D eigenvalue weighted by molar-refractivity contribution is 0.0552. The van der Waals surface area contributed by atoms with Crippen molar-refractivity contribution in [3.63, 3.8) is 0 Å². The number of benzene rings is 1. The van der Waals surface area contributed by atoms with E-state index in [1.807, 2.05) is 18.2 Å². The average Bonchev–Trinajstić information content (AvgIpc) is 3.43. The zero-order chi connectivity index (χ0) is 19.1. The van der Waals surface area contributed by atoms with Crippen molar-refractivity contribution in [1.82, 2.24) is 19.7 Å². The fraction of sp³-hybridized carbons (Fsp3) is 0.350. The number of furan rings is 1. The second kappa shape index (κ2) is 7.20. The number of thioether (sulfide) groups is 1. The van der Waals surface area contributed by atoms with Gasteiger partial charge in [-0.05, 0) is 30.5 Å². The van der Waals surface area contributed by atoms with Crippen LogP contribution in [-0.4, -0.2) is 55.1 Å². The molecular weight excluding hydrogens is 376 g/mol. The quantitative estimate of drug-likeness (QED) is 0.726. The van der Waals surface area contributed by atoms with Crippen molar-refractivity contribution in [2.45, 2.75) is 35.4 Å². The van der Waals surface area contributed by atoms with Gasteiger partial charge in [-0.2, -0.15) is 9.67 Å². The summed E-state index contributed by atoms with van der Waals surface area (Å²) in [4.78, 5) is 20.0. The van der Waals surface area contributed by atoms with E-state index in [0.29, 0.717) is 16.7 Å². The molecule has 1 fully saturated rings. The lowest BCUT2D eigenvalue weighted by Gasteiger charge is -2.38. The summed E-state index contributed by atoms with van der Waals surface area (Å²) in [7, 11) is 0. The number of piperidine rings is 1. The third-order valence-electron chi connectivity index (χ3n) is 5.32. The molecule has 0 bridgehead atoms. The molecule has 2 unspecified atom stereocenters. The molecule has 2 aliphatic heterocycles. The number of rotatable bonds is 4. The molecule has 1 saturated heterocycles. The highest BCUT2D eigenvalue weighted by atomic mass is 32.2. The van der Waals surface area contributed by atoms with Crippen molar-refractivity contribution in [3.05, 3.63) is 54.3 Å². The van der Waals surface area contributed by atoms with Gasteiger partial charge in [-0.1, -0.05) is 42.1 Å². The molecule has 2 atom stereocenters. The predicted molar refractivity (Wildman–Crippen MR) is 104 cm³/mol. The highest BCUT2D eigenvalue weighted by Gasteiger charge is 2.43. The molecule has 5 rings (SSSR count). The Hall–Kier alpha value is -2.42. The summed E-state index contributed by atoms with van der Waals surface area (Å²) >= 11 is 1.45. The van der Waals surface area contributed by atoms with E-state index in [2.05, 4.69) is 27.1 Å². The number of nitrogens with zero attached hydrogens (tertiary/aromatic N) is 4. The van der Waals surface area contributed by atoms with Crippen LogP contribution in [0.15, 0.2) is 58.3 Å². The molecular formula is C20H20N4O3S. The first kappa shape index (κ1) is 17.7. The average molecular weight is 396 g/mol. The Balaban J connectivity index is 1.46. The number of carbonyl (C=O) groups is 1. The van der Waals surface area contributed by atoms with Gasteiger partial charge in [0.2, 0.25) is 5.82 Å². The summed E-state index contributed by atoms with van der Waals surface area (Å²) in [6.45, 7) is 1.52. The highest BCUT2D eigenvalue weighted by Crippen LogP contribution is 2.42. The first-order chi connectivity index (χ1) is 13.7. The zero-order valence-corrected chi connectivity index (χ0v) is 16.0. The van der Waals surface area contributed by atoms with E-state index in [-0.39, 0.29) is 23.3 Å². The largest absolute Gasteiger partial charge is 0.461 e. The lowest BCUT2D eigenvalue weighted by atomic mass is 9.97. The molecule has 3 aromatic rings. The van der Waals surface area contributed by atoms with E-state index >= 15 is 0 Å². The topological polar surface area (TPSA) is 84.4 Å². The van der Waals surface area contributed by atoms with E-state index in [1.54, 1.807) is 18.4 Å². The summed E-state index contributed by atoms with van der Waals surface area (Å²) in [6, 6.07) is 13.6. The summed E-state index contributed by atoms with van der Waals surface area (Å²) in [5, 5.41) is 14.6. The molecule has 28 heavy (non-hydrogen) atoms. The molecule has 2 aromatic heterocycles. The van der Waals surface area contributed by atoms with Crippen LogP contribution in [0.3, 0.4) is 0 Å². The number of fused-ring (bicyclic) bond motifs is 1. The molecule has 144 valence electrons. The Morgan fingerprint density at radius 2 is 1.93 bits per heavy atom. The minimum Gasteiger partial charge on any atom is -0.461 e. The van der Waals surface area contributed by atoms with Crippen molar-refractivity contribution in [2.24, 2.45) is 0 Å². The van der Waals surface area contributed by atoms with E-state index in [0.717, 1.165) is 31.5 Å². The second-order valence-corrected chi connectivity index (χ2v) is 8.22. The van der Waals surface area contributed by atoms with E-state index in [4.69, 9.17) is 4.42 Å². The SMILES string of the molecule is O=C1C(C(c2ccccc2)N2CCC(O)CC2)Sc2nc(-c3ccco3)nn21. The van der Waals surface area contributed by atoms with Gasteiger partial charge in [-0.25, -0.2) is 0 Å². The molecule has 2 aliphatic rings. The Morgan fingerprint density at radius 1 is 1.14 bits per heavy atom. The number of aliphatic hydroxyl groups excluding tert-OH is 1. The monoisotopic (exact) mass is 396 g/mol. The standard InChI is InChI=1S/C20H20N4O3S/c25-14-8-10-23(11-9-14)16(13-5-2-1-3-6-13)17-19(26)24-20(28-17)21-18(22-24)15-7-4-12-27-15/h1-7,12,14,16-17,25H,8-11H2. The molecule has 4 heterocycles. The zero-order valence-electron chi connectivity index (χ0n) is 15.1. The Bertz CT molecular complexity index is 965.